The molecule has 0 saturated carbocycles. The molecule has 0 radical (unpaired) electrons. The second-order valence-corrected chi connectivity index (χ2v) is 31.2. The van der Waals surface area contributed by atoms with Crippen LogP contribution in [0.3, 0.4) is 0 Å². The molecule has 0 unspecified atom stereocenters. The first kappa shape index (κ1) is 44.9. The van der Waals surface area contributed by atoms with Crippen molar-refractivity contribution in [1.29, 1.82) is 0 Å². The lowest BCUT2D eigenvalue weighted by Crippen LogP contribution is -2.17. The van der Waals surface area contributed by atoms with Crippen LogP contribution in [0.25, 0.3) is 0 Å². The molecular weight excluding hydrogens is 848 g/mol. The predicted octanol–water partition coefficient (Wildman–Crippen LogP) is 13.2. The summed E-state index contributed by atoms with van der Waals surface area (Å²) in [5.41, 5.74) is 8.12. The number of carbonyl (C=O) groups excluding carboxylic acids is 2. The summed E-state index contributed by atoms with van der Waals surface area (Å²) in [6.45, 7) is 9.56. The number of carbonyl (C=O) groups is 2. The third-order valence-electron chi connectivity index (χ3n) is 11.0. The van der Waals surface area contributed by atoms with E-state index in [-0.39, 0.29) is 0 Å². The zero-order valence-electron chi connectivity index (χ0n) is 36.0. The van der Waals surface area contributed by atoms with Crippen molar-refractivity contribution in [2.24, 2.45) is 0 Å². The molecule has 1 aliphatic rings. The lowest BCUT2D eigenvalue weighted by Gasteiger charge is -2.22. The number of ether oxygens (including phenoxy) is 4. The highest BCUT2D eigenvalue weighted by atomic mass is 35.6. The molecule has 6 aromatic rings. The van der Waals surface area contributed by atoms with Gasteiger partial charge in [-0.05, 0) is 93.7 Å². The maximum Gasteiger partial charge on any atom is 0.343 e. The summed E-state index contributed by atoms with van der Waals surface area (Å²) in [5.74, 6) is 1.70. The quantitative estimate of drug-likeness (QED) is 0.0356. The third-order valence-corrected chi connectivity index (χ3v) is 15.2. The second kappa shape index (κ2) is 20.4. The molecule has 1 aliphatic carbocycles. The van der Waals surface area contributed by atoms with Crippen molar-refractivity contribution >= 4 is 48.9 Å². The Hall–Kier alpha value is -5.13. The number of halogens is 2. The van der Waals surface area contributed by atoms with Crippen LogP contribution in [0, 0.1) is 0 Å². The summed E-state index contributed by atoms with van der Waals surface area (Å²) in [6.07, 6.45) is 3.36. The van der Waals surface area contributed by atoms with Crippen LogP contribution in [0.1, 0.15) is 78.1 Å². The Bertz CT molecular complexity index is 2240. The molecule has 6 nitrogen and oxygen atoms in total. The SMILES string of the molecule is C[Si](C)(Cl)CCCOc1c2cccc1Cc1cccc(c1OC(=O)c1ccccc1)Cc1cccc(c1OCCC[Si](C)(C)Cl)Cc1cccc(c1OC(=O)c1ccccc1)C2. The maximum atomic E-state index is 13.9. The normalized spacial score (nSPS) is 12.6. The lowest BCUT2D eigenvalue weighted by molar-refractivity contribution is 0.0722. The minimum absolute atomic E-state index is 0.430. The zero-order chi connectivity index (χ0) is 43.7. The monoisotopic (exact) mass is 900 g/mol. The Balaban J connectivity index is 1.39. The van der Waals surface area contributed by atoms with Crippen LogP contribution in [0.15, 0.2) is 133 Å². The van der Waals surface area contributed by atoms with Crippen LogP contribution < -0.4 is 18.9 Å². The molecule has 320 valence electrons. The Morgan fingerprint density at radius 2 is 0.694 bits per heavy atom. The highest BCUT2D eigenvalue weighted by Gasteiger charge is 2.25. The molecule has 6 aromatic carbocycles. The second-order valence-electron chi connectivity index (χ2n) is 17.2. The Kier molecular flexibility index (Phi) is 14.8. The van der Waals surface area contributed by atoms with Gasteiger partial charge in [-0.3, -0.25) is 0 Å². The summed E-state index contributed by atoms with van der Waals surface area (Å²) in [4.78, 5) is 27.8. The fourth-order valence-electron chi connectivity index (χ4n) is 7.90. The van der Waals surface area contributed by atoms with E-state index in [4.69, 9.17) is 41.1 Å². The van der Waals surface area contributed by atoms with E-state index in [1.165, 1.54) is 0 Å². The molecule has 0 N–H and O–H groups in total. The molecule has 8 bridgehead atoms. The minimum Gasteiger partial charge on any atom is -0.493 e. The number of fused-ring (bicyclic) bond motifs is 8. The van der Waals surface area contributed by atoms with Crippen molar-refractivity contribution in [1.82, 2.24) is 0 Å². The van der Waals surface area contributed by atoms with Gasteiger partial charge in [0.15, 0.2) is 14.8 Å². The predicted molar refractivity (Wildman–Crippen MR) is 256 cm³/mol. The Morgan fingerprint density at radius 1 is 0.419 bits per heavy atom. The first-order valence-corrected chi connectivity index (χ1v) is 29.9. The molecule has 0 amide bonds. The van der Waals surface area contributed by atoms with Crippen molar-refractivity contribution < 1.29 is 28.5 Å². The largest absolute Gasteiger partial charge is 0.493 e. The van der Waals surface area contributed by atoms with Gasteiger partial charge in [-0.15, -0.1) is 0 Å². The van der Waals surface area contributed by atoms with E-state index >= 15 is 0 Å². The molecule has 0 aliphatic heterocycles. The van der Waals surface area contributed by atoms with Gasteiger partial charge >= 0.3 is 11.9 Å². The van der Waals surface area contributed by atoms with Crippen LogP contribution in [0.2, 0.25) is 38.3 Å². The molecule has 0 fully saturated rings. The number of para-hydroxylation sites is 4. The smallest absolute Gasteiger partial charge is 0.343 e. The first-order chi connectivity index (χ1) is 29.8. The average Bonchev–Trinajstić information content (AvgIpc) is 3.24. The summed E-state index contributed by atoms with van der Waals surface area (Å²) in [5, 5.41) is 0. The summed E-state index contributed by atoms with van der Waals surface area (Å²) in [7, 11) is -3.66. The van der Waals surface area contributed by atoms with Gasteiger partial charge in [-0.25, -0.2) is 9.59 Å². The number of rotatable bonds is 14. The molecule has 0 atom stereocenters. The summed E-state index contributed by atoms with van der Waals surface area (Å²) < 4.78 is 26.4. The van der Waals surface area contributed by atoms with Gasteiger partial charge < -0.3 is 18.9 Å². The maximum absolute atomic E-state index is 13.9. The lowest BCUT2D eigenvalue weighted by atomic mass is 9.91. The Morgan fingerprint density at radius 3 is 0.968 bits per heavy atom. The fraction of sp³-hybridized carbons (Fsp3) is 0.269. The van der Waals surface area contributed by atoms with E-state index in [0.717, 1.165) is 80.9 Å². The number of hydrogen-bond acceptors (Lipinski definition) is 6. The van der Waals surface area contributed by atoms with Crippen molar-refractivity contribution in [3.63, 3.8) is 0 Å². The summed E-state index contributed by atoms with van der Waals surface area (Å²) in [6, 6.07) is 44.5. The fourth-order valence-corrected chi connectivity index (χ4v) is 10.7. The Labute approximate surface area is 377 Å². The van der Waals surface area contributed by atoms with Crippen molar-refractivity contribution in [3.05, 3.63) is 189 Å². The molecule has 10 heteroatoms. The highest BCUT2D eigenvalue weighted by molar-refractivity contribution is 7.19. The molecule has 0 saturated heterocycles. The van der Waals surface area contributed by atoms with E-state index in [9.17, 15) is 9.59 Å². The molecular formula is C52H54Cl2O6Si2. The summed E-state index contributed by atoms with van der Waals surface area (Å²) >= 11 is 13.5. The molecule has 7 rings (SSSR count). The van der Waals surface area contributed by atoms with E-state index in [2.05, 4.69) is 50.5 Å². The van der Waals surface area contributed by atoms with Gasteiger partial charge in [0.05, 0.1) is 24.3 Å². The van der Waals surface area contributed by atoms with Gasteiger partial charge in [-0.1, -0.05) is 135 Å². The van der Waals surface area contributed by atoms with E-state index < -0.39 is 26.7 Å². The molecule has 62 heavy (non-hydrogen) atoms. The van der Waals surface area contributed by atoms with Crippen molar-refractivity contribution in [2.75, 3.05) is 13.2 Å². The van der Waals surface area contributed by atoms with E-state index in [1.54, 1.807) is 24.3 Å². The number of hydrogen-bond donors (Lipinski definition) is 0. The van der Waals surface area contributed by atoms with Crippen molar-refractivity contribution in [2.45, 2.75) is 76.8 Å². The van der Waals surface area contributed by atoms with Gasteiger partial charge in [0.25, 0.3) is 0 Å². The third kappa shape index (κ3) is 12.1. The van der Waals surface area contributed by atoms with Crippen LogP contribution in [-0.4, -0.2) is 39.9 Å². The van der Waals surface area contributed by atoms with Crippen molar-refractivity contribution in [3.8, 4) is 23.0 Å². The van der Waals surface area contributed by atoms with Crippen LogP contribution in [0.5, 0.6) is 23.0 Å². The topological polar surface area (TPSA) is 71.1 Å². The molecule has 0 spiro atoms. The molecule has 0 aromatic heterocycles. The highest BCUT2D eigenvalue weighted by Crippen LogP contribution is 2.39. The van der Waals surface area contributed by atoms with Crippen LogP contribution in [-0.2, 0) is 25.7 Å². The van der Waals surface area contributed by atoms with Crippen LogP contribution >= 0.6 is 22.2 Å². The van der Waals surface area contributed by atoms with Gasteiger partial charge in [0, 0.05) is 25.7 Å². The molecule has 0 heterocycles. The van der Waals surface area contributed by atoms with Gasteiger partial charge in [0.2, 0.25) is 0 Å². The average molecular weight is 902 g/mol. The van der Waals surface area contributed by atoms with E-state index in [1.807, 2.05) is 84.9 Å². The number of benzene rings is 6. The standard InChI is InChI=1S/C52H54Cl2O6Si2/c1-61(2,53)31-15-29-57-47-39-21-11-22-40(47)34-44-26-14-28-46(50(44)60-52(56)38-19-9-6-10-20-38)36-42-24-12-23-41(48(42)58-30-16-32-62(3,4)54)35-45-27-13-25-43(33-39)49(45)59-51(55)37-17-7-5-8-18-37/h5-14,17-28H,15-16,29-36H2,1-4H3. The van der Waals surface area contributed by atoms with Gasteiger partial charge in [0.1, 0.15) is 23.0 Å². The zero-order valence-corrected chi connectivity index (χ0v) is 39.5. The number of esters is 2. The first-order valence-electron chi connectivity index (χ1n) is 21.4. The van der Waals surface area contributed by atoms with E-state index in [0.29, 0.717) is 61.5 Å². The van der Waals surface area contributed by atoms with Crippen LogP contribution in [0.4, 0.5) is 0 Å². The minimum atomic E-state index is -1.83. The van der Waals surface area contributed by atoms with Gasteiger partial charge in [-0.2, -0.15) is 22.2 Å².